The highest BCUT2D eigenvalue weighted by atomic mass is 19.1. The maximum Gasteiger partial charge on any atom is 0.354 e. The van der Waals surface area contributed by atoms with Crippen molar-refractivity contribution < 1.29 is 4.39 Å². The summed E-state index contributed by atoms with van der Waals surface area (Å²) in [4.78, 5) is 23.5. The van der Waals surface area contributed by atoms with Gasteiger partial charge in [0.05, 0.1) is 12.4 Å². The van der Waals surface area contributed by atoms with E-state index in [4.69, 9.17) is 5.73 Å². The zero-order chi connectivity index (χ0) is 25.3. The van der Waals surface area contributed by atoms with E-state index in [9.17, 15) is 9.18 Å². The Kier molecular flexibility index (Phi) is 13.9. The summed E-state index contributed by atoms with van der Waals surface area (Å²) in [6.45, 7) is 12.2. The molecule has 3 aromatic rings. The molecule has 1 aromatic carbocycles. The normalized spacial score (nSPS) is 10.8. The Balaban J connectivity index is 0.00000137. The number of rotatable bonds is 10. The summed E-state index contributed by atoms with van der Waals surface area (Å²) in [6.07, 6.45) is 3.09. The number of alkyl halides is 1. The average molecular weight is 474 g/mol. The highest BCUT2D eigenvalue weighted by molar-refractivity contribution is 5.77. The number of aromatic nitrogens is 3. The molecule has 34 heavy (non-hydrogen) atoms. The molecule has 188 valence electrons. The van der Waals surface area contributed by atoms with Gasteiger partial charge in [-0.3, -0.25) is 13.9 Å². The molecule has 0 atom stereocenters. The van der Waals surface area contributed by atoms with Gasteiger partial charge in [0.15, 0.2) is 5.96 Å². The van der Waals surface area contributed by atoms with Gasteiger partial charge >= 0.3 is 5.69 Å². The van der Waals surface area contributed by atoms with Crippen LogP contribution in [0.5, 0.6) is 0 Å². The molecule has 0 unspecified atom stereocenters. The number of hydrogen-bond acceptors (Lipinski definition) is 4. The molecule has 0 spiro atoms. The minimum atomic E-state index is -0.378. The van der Waals surface area contributed by atoms with Gasteiger partial charge in [-0.25, -0.2) is 4.79 Å². The fourth-order valence-corrected chi connectivity index (χ4v) is 3.07. The molecule has 2 aromatic heterocycles. The number of halogens is 1. The number of nitrogens with two attached hydrogens (primary N) is 1. The number of nitrogens with zero attached hydrogens (tertiary/aromatic N) is 3. The molecule has 0 bridgehead atoms. The van der Waals surface area contributed by atoms with Crippen LogP contribution in [0.1, 0.15) is 51.8 Å². The molecular weight excluding hydrogens is 433 g/mol. The van der Waals surface area contributed by atoms with Crippen LogP contribution in [-0.4, -0.2) is 46.8 Å². The number of aliphatic imine (C=N–C) groups is 1. The number of hydrogen-bond donors (Lipinski definition) is 4. The Morgan fingerprint density at radius 1 is 1.15 bits per heavy atom. The third-order valence-electron chi connectivity index (χ3n) is 4.60. The van der Waals surface area contributed by atoms with Gasteiger partial charge in [-0.05, 0) is 50.1 Å². The van der Waals surface area contributed by atoms with E-state index in [1.54, 1.807) is 10.8 Å². The molecule has 9 heteroatoms. The van der Waals surface area contributed by atoms with Crippen LogP contribution in [0.15, 0.2) is 46.3 Å². The SMILES string of the molecule is CC.CC.Cc1cc2cn(-c3ccc(CNCCCNC(N)=NCCCF)cc3)c(=O)nc2[nH]1. The molecule has 2 heterocycles. The van der Waals surface area contributed by atoms with Crippen molar-refractivity contribution in [1.82, 2.24) is 25.2 Å². The summed E-state index contributed by atoms with van der Waals surface area (Å²) in [7, 11) is 0. The fraction of sp³-hybridized carbons (Fsp3) is 0.480. The quantitative estimate of drug-likeness (QED) is 0.203. The number of fused-ring (bicyclic) bond motifs is 1. The first-order valence-corrected chi connectivity index (χ1v) is 12.1. The molecule has 0 saturated carbocycles. The van der Waals surface area contributed by atoms with Crippen LogP contribution in [0.4, 0.5) is 4.39 Å². The van der Waals surface area contributed by atoms with Crippen LogP contribution >= 0.6 is 0 Å². The first-order valence-electron chi connectivity index (χ1n) is 12.1. The molecule has 0 aliphatic carbocycles. The second kappa shape index (κ2) is 16.4. The Labute approximate surface area is 201 Å². The third kappa shape index (κ3) is 9.35. The second-order valence-corrected chi connectivity index (χ2v) is 7.08. The minimum Gasteiger partial charge on any atom is -0.370 e. The van der Waals surface area contributed by atoms with Gasteiger partial charge in [-0.15, -0.1) is 0 Å². The number of nitrogens with one attached hydrogen (secondary N) is 3. The van der Waals surface area contributed by atoms with Gasteiger partial charge in [0, 0.05) is 36.9 Å². The standard InChI is InChI=1S/C21H28FN7O.2C2H6/c1-15-12-17-14-29(21(30)28-19(17)27-15)18-6-4-16(5-7-18)13-24-9-3-11-26-20(23)25-10-2-8-22;2*1-2/h4-7,12,14,24H,2-3,8-11,13H2,1H3,(H3,23,25,26)(H,27,28,30);2*1-2H3. The van der Waals surface area contributed by atoms with Crippen molar-refractivity contribution in [2.24, 2.45) is 10.7 Å². The number of aromatic amines is 1. The maximum atomic E-state index is 12.3. The maximum absolute atomic E-state index is 12.3. The van der Waals surface area contributed by atoms with Gasteiger partial charge in [0.2, 0.25) is 0 Å². The topological polar surface area (TPSA) is 113 Å². The highest BCUT2D eigenvalue weighted by Gasteiger charge is 2.06. The monoisotopic (exact) mass is 473 g/mol. The Bertz CT molecular complexity index is 1040. The second-order valence-electron chi connectivity index (χ2n) is 7.08. The molecular formula is C25H40FN7O. The van der Waals surface area contributed by atoms with Gasteiger partial charge in [-0.1, -0.05) is 39.8 Å². The van der Waals surface area contributed by atoms with E-state index in [1.807, 2.05) is 65.0 Å². The first-order chi connectivity index (χ1) is 16.6. The predicted octanol–water partition coefficient (Wildman–Crippen LogP) is 3.82. The molecule has 0 saturated heterocycles. The zero-order valence-corrected chi connectivity index (χ0v) is 21.1. The summed E-state index contributed by atoms with van der Waals surface area (Å²) in [5, 5.41) is 7.28. The van der Waals surface area contributed by atoms with Crippen LogP contribution in [0.25, 0.3) is 16.7 Å². The van der Waals surface area contributed by atoms with E-state index in [1.165, 1.54) is 0 Å². The minimum absolute atomic E-state index is 0.310. The Hall–Kier alpha value is -3.20. The van der Waals surface area contributed by atoms with Crippen molar-refractivity contribution in [1.29, 1.82) is 0 Å². The van der Waals surface area contributed by atoms with E-state index in [0.29, 0.717) is 31.1 Å². The van der Waals surface area contributed by atoms with Crippen molar-refractivity contribution in [3.63, 3.8) is 0 Å². The number of guanidine groups is 1. The summed E-state index contributed by atoms with van der Waals surface area (Å²) >= 11 is 0. The fourth-order valence-electron chi connectivity index (χ4n) is 3.07. The van der Waals surface area contributed by atoms with Crippen molar-refractivity contribution in [2.75, 3.05) is 26.3 Å². The summed E-state index contributed by atoms with van der Waals surface area (Å²) in [6, 6.07) is 9.79. The molecule has 0 amide bonds. The summed E-state index contributed by atoms with van der Waals surface area (Å²) < 4.78 is 13.6. The molecule has 0 aliphatic rings. The van der Waals surface area contributed by atoms with Crippen molar-refractivity contribution >= 4 is 17.0 Å². The largest absolute Gasteiger partial charge is 0.370 e. The van der Waals surface area contributed by atoms with Crippen LogP contribution in [-0.2, 0) is 6.54 Å². The van der Waals surface area contributed by atoms with E-state index >= 15 is 0 Å². The number of aryl methyl sites for hydroxylation is 1. The Morgan fingerprint density at radius 3 is 2.53 bits per heavy atom. The van der Waals surface area contributed by atoms with E-state index in [0.717, 1.165) is 41.8 Å². The molecule has 3 rings (SSSR count). The van der Waals surface area contributed by atoms with E-state index in [-0.39, 0.29) is 12.4 Å². The van der Waals surface area contributed by atoms with Crippen LogP contribution in [0.3, 0.4) is 0 Å². The first kappa shape index (κ1) is 28.8. The van der Waals surface area contributed by atoms with Crippen LogP contribution < -0.4 is 22.1 Å². The van der Waals surface area contributed by atoms with Crippen molar-refractivity contribution in [3.8, 4) is 5.69 Å². The summed E-state index contributed by atoms with van der Waals surface area (Å²) in [5.41, 5.74) is 8.86. The van der Waals surface area contributed by atoms with Gasteiger partial charge in [0.1, 0.15) is 5.65 Å². The van der Waals surface area contributed by atoms with Gasteiger partial charge in [-0.2, -0.15) is 4.98 Å². The average Bonchev–Trinajstić information content (AvgIpc) is 3.22. The van der Waals surface area contributed by atoms with E-state index < -0.39 is 0 Å². The van der Waals surface area contributed by atoms with Crippen LogP contribution in [0.2, 0.25) is 0 Å². The third-order valence-corrected chi connectivity index (χ3v) is 4.60. The van der Waals surface area contributed by atoms with Crippen LogP contribution in [0, 0.1) is 6.92 Å². The lowest BCUT2D eigenvalue weighted by atomic mass is 10.2. The number of benzene rings is 1. The van der Waals surface area contributed by atoms with Crippen molar-refractivity contribution in [3.05, 3.63) is 58.3 Å². The molecule has 0 radical (unpaired) electrons. The summed E-state index contributed by atoms with van der Waals surface area (Å²) in [5.74, 6) is 0.358. The Morgan fingerprint density at radius 2 is 1.85 bits per heavy atom. The molecule has 8 nitrogen and oxygen atoms in total. The lowest BCUT2D eigenvalue weighted by molar-refractivity contribution is 0.477. The lowest BCUT2D eigenvalue weighted by Gasteiger charge is -2.09. The highest BCUT2D eigenvalue weighted by Crippen LogP contribution is 2.13. The molecule has 0 fully saturated rings. The van der Waals surface area contributed by atoms with Crippen molar-refractivity contribution in [2.45, 2.75) is 54.0 Å². The lowest BCUT2D eigenvalue weighted by Crippen LogP contribution is -2.33. The smallest absolute Gasteiger partial charge is 0.354 e. The van der Waals surface area contributed by atoms with Gasteiger partial charge < -0.3 is 21.4 Å². The molecule has 0 aliphatic heterocycles. The molecule has 5 N–H and O–H groups in total. The van der Waals surface area contributed by atoms with Gasteiger partial charge in [0.25, 0.3) is 0 Å². The zero-order valence-electron chi connectivity index (χ0n) is 21.1. The number of H-pyrrole nitrogens is 1. The predicted molar refractivity (Wildman–Crippen MR) is 141 cm³/mol. The van der Waals surface area contributed by atoms with E-state index in [2.05, 4.69) is 25.6 Å².